The predicted octanol–water partition coefficient (Wildman–Crippen LogP) is 6.06. The van der Waals surface area contributed by atoms with Crippen molar-refractivity contribution in [3.05, 3.63) is 126 Å². The molecule has 1 heterocycles. The van der Waals surface area contributed by atoms with Crippen LogP contribution in [-0.2, 0) is 18.8 Å². The van der Waals surface area contributed by atoms with Gasteiger partial charge in [-0.25, -0.2) is 4.98 Å². The van der Waals surface area contributed by atoms with Crippen molar-refractivity contribution in [3.8, 4) is 0 Å². The number of rotatable bonds is 5. The largest absolute Gasteiger partial charge is 0.416 e. The molecule has 0 aliphatic heterocycles. The van der Waals surface area contributed by atoms with Crippen LogP contribution in [0.5, 0.6) is 0 Å². The van der Waals surface area contributed by atoms with Gasteiger partial charge in [0.25, 0.3) is 0 Å². The maximum absolute atomic E-state index is 12.8. The second-order valence-corrected chi connectivity index (χ2v) is 7.66. The van der Waals surface area contributed by atoms with Crippen LogP contribution in [0.15, 0.2) is 104 Å². The van der Waals surface area contributed by atoms with Crippen molar-refractivity contribution >= 4 is 17.6 Å². The summed E-state index contributed by atoms with van der Waals surface area (Å²) in [6.07, 6.45) is -4.53. The second-order valence-electron chi connectivity index (χ2n) is 7.66. The van der Waals surface area contributed by atoms with E-state index in [0.29, 0.717) is 0 Å². The maximum atomic E-state index is 12.8. The van der Waals surface area contributed by atoms with Crippen molar-refractivity contribution in [1.82, 2.24) is 9.97 Å². The summed E-state index contributed by atoms with van der Waals surface area (Å²) >= 11 is 0. The molecule has 35 heavy (non-hydrogen) atoms. The second kappa shape index (κ2) is 11.1. The minimum absolute atomic E-state index is 0.231. The molecule has 0 saturated carbocycles. The highest BCUT2D eigenvalue weighted by Crippen LogP contribution is 2.29. The number of hydrogen-bond acceptors (Lipinski definition) is 1. The molecule has 180 valence electrons. The molecule has 0 aliphatic rings. The summed E-state index contributed by atoms with van der Waals surface area (Å²) in [6.45, 7) is 2.77. The first kappa shape index (κ1) is 25.9. The van der Waals surface area contributed by atoms with E-state index in [-0.39, 0.29) is 10.9 Å². The van der Waals surface area contributed by atoms with Gasteiger partial charge in [0.2, 0.25) is 6.71 Å². The van der Waals surface area contributed by atoms with Crippen LogP contribution in [0.2, 0.25) is 0 Å². The molecule has 1 N–H and O–H groups in total. The SMILES string of the molecule is C=CB(c1cccc(C(F)(F)F)c1)c1cccc(C(F)(F)F)c1.c1ccc(Cc2ncc[nH]2)cc1. The first-order valence-corrected chi connectivity index (χ1v) is 10.6. The van der Waals surface area contributed by atoms with E-state index in [1.807, 2.05) is 24.4 Å². The number of halogens is 6. The van der Waals surface area contributed by atoms with Gasteiger partial charge in [0.1, 0.15) is 5.82 Å². The molecule has 0 aliphatic carbocycles. The van der Waals surface area contributed by atoms with Gasteiger partial charge in [0, 0.05) is 18.8 Å². The highest BCUT2D eigenvalue weighted by molar-refractivity contribution is 6.89. The third-order valence-corrected chi connectivity index (χ3v) is 5.15. The Hall–Kier alpha value is -3.75. The van der Waals surface area contributed by atoms with Crippen LogP contribution in [-0.4, -0.2) is 16.7 Å². The fourth-order valence-corrected chi connectivity index (χ4v) is 3.47. The molecule has 1 aromatic heterocycles. The number of alkyl halides is 6. The molecule has 0 fully saturated rings. The Morgan fingerprint density at radius 2 is 1.31 bits per heavy atom. The lowest BCUT2D eigenvalue weighted by Crippen LogP contribution is -2.41. The van der Waals surface area contributed by atoms with Crippen LogP contribution in [0.25, 0.3) is 0 Å². The molecule has 4 aromatic rings. The van der Waals surface area contributed by atoms with Crippen molar-refractivity contribution in [3.63, 3.8) is 0 Å². The summed E-state index contributed by atoms with van der Waals surface area (Å²) in [4.78, 5) is 7.23. The van der Waals surface area contributed by atoms with Crippen LogP contribution in [0.3, 0.4) is 0 Å². The van der Waals surface area contributed by atoms with Crippen LogP contribution in [0.4, 0.5) is 26.3 Å². The number of imidazole rings is 1. The first-order chi connectivity index (χ1) is 16.6. The Morgan fingerprint density at radius 1 is 0.771 bits per heavy atom. The summed E-state index contributed by atoms with van der Waals surface area (Å²) in [6, 6.07) is 19.3. The Bertz CT molecular complexity index is 1160. The third-order valence-electron chi connectivity index (χ3n) is 5.15. The van der Waals surface area contributed by atoms with Crippen molar-refractivity contribution in [2.45, 2.75) is 18.8 Å². The number of aromatic nitrogens is 2. The lowest BCUT2D eigenvalue weighted by molar-refractivity contribution is -0.138. The molecule has 3 aromatic carbocycles. The summed E-state index contributed by atoms with van der Waals surface area (Å²) < 4.78 is 76.7. The molecule has 4 rings (SSSR count). The molecule has 0 amide bonds. The third kappa shape index (κ3) is 7.37. The van der Waals surface area contributed by atoms with E-state index in [0.717, 1.165) is 36.5 Å². The lowest BCUT2D eigenvalue weighted by Gasteiger charge is -2.15. The molecule has 0 spiro atoms. The lowest BCUT2D eigenvalue weighted by atomic mass is 9.41. The van der Waals surface area contributed by atoms with E-state index >= 15 is 0 Å². The first-order valence-electron chi connectivity index (χ1n) is 10.6. The Morgan fingerprint density at radius 3 is 1.74 bits per heavy atom. The van der Waals surface area contributed by atoms with Crippen molar-refractivity contribution in [2.24, 2.45) is 0 Å². The van der Waals surface area contributed by atoms with Crippen molar-refractivity contribution in [1.29, 1.82) is 0 Å². The highest BCUT2D eigenvalue weighted by atomic mass is 19.4. The average molecular weight is 486 g/mol. The molecule has 0 bridgehead atoms. The van der Waals surface area contributed by atoms with Gasteiger partial charge in [-0.2, -0.15) is 26.3 Å². The number of hydrogen-bond donors (Lipinski definition) is 1. The summed E-state index contributed by atoms with van der Waals surface area (Å²) in [5.74, 6) is 2.34. The smallest absolute Gasteiger partial charge is 0.348 e. The zero-order valence-electron chi connectivity index (χ0n) is 18.4. The average Bonchev–Trinajstić information content (AvgIpc) is 3.33. The number of aromatic amines is 1. The van der Waals surface area contributed by atoms with Gasteiger partial charge in [-0.1, -0.05) is 89.8 Å². The molecular formula is C26H21BF6N2. The number of nitrogens with zero attached hydrogens (tertiary/aromatic N) is 1. The van der Waals surface area contributed by atoms with E-state index in [9.17, 15) is 26.3 Å². The molecule has 9 heteroatoms. The Balaban J connectivity index is 0.000000237. The molecule has 0 unspecified atom stereocenters. The summed E-state index contributed by atoms with van der Waals surface area (Å²) in [5, 5.41) is 0. The topological polar surface area (TPSA) is 28.7 Å². The van der Waals surface area contributed by atoms with Gasteiger partial charge in [-0.15, -0.1) is 12.6 Å². The molecule has 2 nitrogen and oxygen atoms in total. The number of benzene rings is 3. The van der Waals surface area contributed by atoms with Crippen LogP contribution < -0.4 is 10.9 Å². The molecule has 0 saturated heterocycles. The van der Waals surface area contributed by atoms with Gasteiger partial charge in [-0.05, 0) is 5.56 Å². The zero-order chi connectivity index (χ0) is 25.5. The normalized spacial score (nSPS) is 11.4. The van der Waals surface area contributed by atoms with E-state index in [1.165, 1.54) is 35.8 Å². The highest BCUT2D eigenvalue weighted by Gasteiger charge is 2.33. The van der Waals surface area contributed by atoms with E-state index < -0.39 is 30.2 Å². The minimum Gasteiger partial charge on any atom is -0.348 e. The summed E-state index contributed by atoms with van der Waals surface area (Å²) in [7, 11) is 0. The van der Waals surface area contributed by atoms with Crippen molar-refractivity contribution < 1.29 is 26.3 Å². The Kier molecular flexibility index (Phi) is 8.22. The monoisotopic (exact) mass is 486 g/mol. The number of H-pyrrole nitrogens is 1. The van der Waals surface area contributed by atoms with Gasteiger partial charge in [0.05, 0.1) is 11.1 Å². The van der Waals surface area contributed by atoms with E-state index in [2.05, 4.69) is 28.7 Å². The minimum atomic E-state index is -4.52. The van der Waals surface area contributed by atoms with Gasteiger partial charge < -0.3 is 4.98 Å². The molecule has 0 atom stereocenters. The van der Waals surface area contributed by atoms with Gasteiger partial charge in [0.15, 0.2) is 0 Å². The van der Waals surface area contributed by atoms with Crippen molar-refractivity contribution in [2.75, 3.05) is 0 Å². The van der Waals surface area contributed by atoms with Gasteiger partial charge >= 0.3 is 12.4 Å². The fourth-order valence-electron chi connectivity index (χ4n) is 3.47. The quantitative estimate of drug-likeness (QED) is 0.270. The van der Waals surface area contributed by atoms with Gasteiger partial charge in [-0.3, -0.25) is 0 Å². The zero-order valence-corrected chi connectivity index (χ0v) is 18.4. The molecule has 0 radical (unpaired) electrons. The van der Waals surface area contributed by atoms with Crippen LogP contribution >= 0.6 is 0 Å². The van der Waals surface area contributed by atoms with E-state index in [1.54, 1.807) is 6.20 Å². The molecular weight excluding hydrogens is 465 g/mol. The number of nitrogens with one attached hydrogen (secondary N) is 1. The summed E-state index contributed by atoms with van der Waals surface area (Å²) in [5.41, 5.74) is 0.0402. The Labute approximate surface area is 199 Å². The van der Waals surface area contributed by atoms with Crippen LogP contribution in [0, 0.1) is 0 Å². The van der Waals surface area contributed by atoms with Crippen LogP contribution in [0.1, 0.15) is 22.5 Å². The maximum Gasteiger partial charge on any atom is 0.416 e. The standard InChI is InChI=1S/C16H11BF6.C10H10N2/c1-2-17(13-7-3-5-11(9-13)15(18,19)20)14-8-4-6-12(10-14)16(21,22)23;1-2-4-9(5-3-1)8-10-11-6-7-12-10/h2-10H,1H2;1-7H,8H2,(H,11,12). The van der Waals surface area contributed by atoms with E-state index in [4.69, 9.17) is 0 Å². The predicted molar refractivity (Wildman–Crippen MR) is 126 cm³/mol. The fraction of sp³-hybridized carbons (Fsp3) is 0.115.